The van der Waals surface area contributed by atoms with E-state index in [0.717, 1.165) is 61.7 Å². The second kappa shape index (κ2) is 13.4. The minimum absolute atomic E-state index is 0.110. The van der Waals surface area contributed by atoms with Gasteiger partial charge in [-0.25, -0.2) is 0 Å². The molecule has 0 aliphatic rings. The first kappa shape index (κ1) is 26.9. The van der Waals surface area contributed by atoms with Gasteiger partial charge in [0.25, 0.3) is 11.8 Å². The predicted octanol–water partition coefficient (Wildman–Crippen LogP) is 4.79. The average molecular weight is 493 g/mol. The van der Waals surface area contributed by atoms with Crippen LogP contribution in [0.1, 0.15) is 78.8 Å². The molecule has 0 spiro atoms. The summed E-state index contributed by atoms with van der Waals surface area (Å²) in [7, 11) is 0. The summed E-state index contributed by atoms with van der Waals surface area (Å²) in [6.07, 6.45) is 8.91. The van der Waals surface area contributed by atoms with E-state index >= 15 is 0 Å². The number of pyridine rings is 1. The number of amides is 2. The molecular formula is C28H36N4O4. The Labute approximate surface area is 212 Å². The summed E-state index contributed by atoms with van der Waals surface area (Å²) >= 11 is 0. The summed E-state index contributed by atoms with van der Waals surface area (Å²) in [6, 6.07) is 8.95. The highest BCUT2D eigenvalue weighted by Gasteiger charge is 2.20. The SMILES string of the molecule is CCCCn1c(C)c(C(=O)NCCCCCCNC(=O)c2cccnc2)c2cc(OC(C)=O)ccc21. The quantitative estimate of drug-likeness (QED) is 0.203. The predicted molar refractivity (Wildman–Crippen MR) is 140 cm³/mol. The van der Waals surface area contributed by atoms with Gasteiger partial charge in [0.05, 0.1) is 11.1 Å². The first-order chi connectivity index (χ1) is 17.4. The summed E-state index contributed by atoms with van der Waals surface area (Å²) in [6.45, 7) is 7.49. The van der Waals surface area contributed by atoms with Gasteiger partial charge in [0, 0.05) is 55.5 Å². The lowest BCUT2D eigenvalue weighted by molar-refractivity contribution is -0.131. The molecule has 2 heterocycles. The molecule has 0 unspecified atom stereocenters. The number of nitrogens with one attached hydrogen (secondary N) is 2. The zero-order valence-corrected chi connectivity index (χ0v) is 21.4. The van der Waals surface area contributed by atoms with Crippen molar-refractivity contribution < 1.29 is 19.1 Å². The van der Waals surface area contributed by atoms with Gasteiger partial charge >= 0.3 is 5.97 Å². The van der Waals surface area contributed by atoms with Crippen LogP contribution >= 0.6 is 0 Å². The highest BCUT2D eigenvalue weighted by atomic mass is 16.5. The van der Waals surface area contributed by atoms with Crippen molar-refractivity contribution in [3.63, 3.8) is 0 Å². The summed E-state index contributed by atoms with van der Waals surface area (Å²) in [4.78, 5) is 40.6. The molecule has 8 nitrogen and oxygen atoms in total. The number of aryl methyl sites for hydroxylation is 1. The van der Waals surface area contributed by atoms with Crippen LogP contribution in [0.2, 0.25) is 0 Å². The van der Waals surface area contributed by atoms with Crippen molar-refractivity contribution in [3.8, 4) is 5.75 Å². The van der Waals surface area contributed by atoms with Crippen LogP contribution in [-0.2, 0) is 11.3 Å². The van der Waals surface area contributed by atoms with Crippen LogP contribution in [0.5, 0.6) is 5.75 Å². The number of esters is 1. The number of benzene rings is 1. The van der Waals surface area contributed by atoms with Crippen molar-refractivity contribution >= 4 is 28.7 Å². The topological polar surface area (TPSA) is 102 Å². The summed E-state index contributed by atoms with van der Waals surface area (Å²) in [5, 5.41) is 6.75. The number of carbonyl (C=O) groups is 3. The van der Waals surface area contributed by atoms with Gasteiger partial charge in [0.2, 0.25) is 0 Å². The zero-order valence-electron chi connectivity index (χ0n) is 21.4. The van der Waals surface area contributed by atoms with Gasteiger partial charge in [-0.1, -0.05) is 26.2 Å². The Bertz CT molecular complexity index is 1190. The molecule has 0 saturated carbocycles. The van der Waals surface area contributed by atoms with Gasteiger partial charge in [-0.3, -0.25) is 19.4 Å². The Morgan fingerprint density at radius 1 is 0.972 bits per heavy atom. The van der Waals surface area contributed by atoms with Gasteiger partial charge in [-0.05, 0) is 56.5 Å². The Kier molecular flexibility index (Phi) is 10.0. The fraction of sp³-hybridized carbons (Fsp3) is 0.429. The molecule has 0 bridgehead atoms. The van der Waals surface area contributed by atoms with Crippen LogP contribution in [-0.4, -0.2) is 40.4 Å². The highest BCUT2D eigenvalue weighted by molar-refractivity contribution is 6.08. The maximum Gasteiger partial charge on any atom is 0.308 e. The highest BCUT2D eigenvalue weighted by Crippen LogP contribution is 2.30. The smallest absolute Gasteiger partial charge is 0.308 e. The molecule has 0 aliphatic carbocycles. The number of aromatic nitrogens is 2. The number of nitrogens with zero attached hydrogens (tertiary/aromatic N) is 2. The maximum atomic E-state index is 13.2. The number of fused-ring (bicyclic) bond motifs is 1. The molecule has 0 atom stereocenters. The standard InChI is InChI=1S/C28H36N4O4/c1-4-5-17-32-20(2)26(24-18-23(36-21(3)33)12-13-25(24)32)28(35)31-16-9-7-6-8-15-30-27(34)22-11-10-14-29-19-22/h10-14,18-19H,4-9,15-17H2,1-3H3,(H,30,34)(H,31,35). The number of hydrogen-bond donors (Lipinski definition) is 2. The molecule has 1 aromatic carbocycles. The second-order valence-electron chi connectivity index (χ2n) is 8.91. The van der Waals surface area contributed by atoms with Crippen LogP contribution in [0, 0.1) is 6.92 Å². The average Bonchev–Trinajstić information content (AvgIpc) is 3.14. The van der Waals surface area contributed by atoms with Crippen molar-refractivity contribution in [3.05, 3.63) is 59.5 Å². The van der Waals surface area contributed by atoms with Gasteiger partial charge in [-0.15, -0.1) is 0 Å². The zero-order chi connectivity index (χ0) is 25.9. The number of carbonyl (C=O) groups excluding carboxylic acids is 3. The Morgan fingerprint density at radius 2 is 1.69 bits per heavy atom. The molecule has 0 saturated heterocycles. The van der Waals surface area contributed by atoms with Crippen molar-refractivity contribution in [1.29, 1.82) is 0 Å². The van der Waals surface area contributed by atoms with Gasteiger partial charge in [-0.2, -0.15) is 0 Å². The molecule has 2 N–H and O–H groups in total. The summed E-state index contributed by atoms with van der Waals surface area (Å²) in [5.74, 6) is -0.177. The van der Waals surface area contributed by atoms with E-state index in [9.17, 15) is 14.4 Å². The van der Waals surface area contributed by atoms with Crippen LogP contribution in [0.25, 0.3) is 10.9 Å². The molecule has 2 amide bonds. The third kappa shape index (κ3) is 7.16. The second-order valence-corrected chi connectivity index (χ2v) is 8.91. The fourth-order valence-corrected chi connectivity index (χ4v) is 4.28. The van der Waals surface area contributed by atoms with Crippen LogP contribution in [0.15, 0.2) is 42.7 Å². The Hall–Kier alpha value is -3.68. The van der Waals surface area contributed by atoms with Crippen molar-refractivity contribution in [2.75, 3.05) is 13.1 Å². The summed E-state index contributed by atoms with van der Waals surface area (Å²) in [5.41, 5.74) is 3.08. The molecular weight excluding hydrogens is 456 g/mol. The Balaban J connectivity index is 1.51. The lowest BCUT2D eigenvalue weighted by atomic mass is 10.1. The lowest BCUT2D eigenvalue weighted by Crippen LogP contribution is -2.25. The van der Waals surface area contributed by atoms with E-state index < -0.39 is 0 Å². The minimum Gasteiger partial charge on any atom is -0.427 e. The molecule has 2 aromatic heterocycles. The fourth-order valence-electron chi connectivity index (χ4n) is 4.28. The maximum absolute atomic E-state index is 13.2. The normalized spacial score (nSPS) is 10.9. The summed E-state index contributed by atoms with van der Waals surface area (Å²) < 4.78 is 7.44. The van der Waals surface area contributed by atoms with Gasteiger partial charge < -0.3 is 19.9 Å². The van der Waals surface area contributed by atoms with Crippen LogP contribution in [0.4, 0.5) is 0 Å². The number of ether oxygens (including phenoxy) is 1. The van der Waals surface area contributed by atoms with Crippen molar-refractivity contribution in [2.45, 2.75) is 65.8 Å². The molecule has 192 valence electrons. The van der Waals surface area contributed by atoms with Crippen molar-refractivity contribution in [2.24, 2.45) is 0 Å². The van der Waals surface area contributed by atoms with E-state index in [1.165, 1.54) is 6.92 Å². The number of rotatable bonds is 13. The van der Waals surface area contributed by atoms with E-state index in [1.807, 2.05) is 13.0 Å². The molecule has 0 fully saturated rings. The molecule has 3 aromatic rings. The lowest BCUT2D eigenvalue weighted by Gasteiger charge is -2.09. The largest absolute Gasteiger partial charge is 0.427 e. The number of hydrogen-bond acceptors (Lipinski definition) is 5. The van der Waals surface area contributed by atoms with E-state index in [0.29, 0.717) is 30.0 Å². The van der Waals surface area contributed by atoms with E-state index in [4.69, 9.17) is 4.74 Å². The first-order valence-electron chi connectivity index (χ1n) is 12.7. The molecule has 0 aliphatic heterocycles. The molecule has 0 radical (unpaired) electrons. The molecule has 8 heteroatoms. The minimum atomic E-state index is -0.390. The monoisotopic (exact) mass is 492 g/mol. The van der Waals surface area contributed by atoms with Gasteiger partial charge in [0.1, 0.15) is 5.75 Å². The van der Waals surface area contributed by atoms with E-state index in [2.05, 4.69) is 27.1 Å². The van der Waals surface area contributed by atoms with E-state index in [1.54, 1.807) is 36.7 Å². The van der Waals surface area contributed by atoms with Crippen molar-refractivity contribution in [1.82, 2.24) is 20.2 Å². The van der Waals surface area contributed by atoms with Crippen LogP contribution < -0.4 is 15.4 Å². The third-order valence-corrected chi connectivity index (χ3v) is 6.12. The molecule has 36 heavy (non-hydrogen) atoms. The van der Waals surface area contributed by atoms with E-state index in [-0.39, 0.29) is 17.8 Å². The third-order valence-electron chi connectivity index (χ3n) is 6.12. The van der Waals surface area contributed by atoms with Crippen LogP contribution in [0.3, 0.4) is 0 Å². The molecule has 3 rings (SSSR count). The number of unbranched alkanes of at least 4 members (excludes halogenated alkanes) is 4. The first-order valence-corrected chi connectivity index (χ1v) is 12.7. The van der Waals surface area contributed by atoms with Gasteiger partial charge in [0.15, 0.2) is 0 Å². The Morgan fingerprint density at radius 3 is 2.33 bits per heavy atom.